The van der Waals surface area contributed by atoms with E-state index < -0.39 is 15.7 Å². The zero-order chi connectivity index (χ0) is 14.6. The molecule has 0 heterocycles. The maximum absolute atomic E-state index is 11.9. The van der Waals surface area contributed by atoms with Gasteiger partial charge in [-0.2, -0.15) is 0 Å². The number of rotatable bonds is 6. The van der Waals surface area contributed by atoms with E-state index in [4.69, 9.17) is 23.1 Å². The zero-order valence-corrected chi connectivity index (χ0v) is 12.2. The summed E-state index contributed by atoms with van der Waals surface area (Å²) in [5.74, 6) is -0.867. The molecule has 106 valence electrons. The number of primary amides is 1. The van der Waals surface area contributed by atoms with E-state index >= 15 is 0 Å². The van der Waals surface area contributed by atoms with Gasteiger partial charge in [-0.3, -0.25) is 4.79 Å². The Morgan fingerprint density at radius 2 is 2.05 bits per heavy atom. The van der Waals surface area contributed by atoms with Crippen molar-refractivity contribution in [2.24, 2.45) is 17.4 Å². The Balaban J connectivity index is 2.91. The minimum absolute atomic E-state index is 0.0113. The summed E-state index contributed by atoms with van der Waals surface area (Å²) in [6.45, 7) is 2.09. The summed E-state index contributed by atoms with van der Waals surface area (Å²) in [6.07, 6.45) is 0. The molecular formula is C12H17ClN2O3S. The Morgan fingerprint density at radius 3 is 2.53 bits per heavy atom. The summed E-state index contributed by atoms with van der Waals surface area (Å²) in [5, 5.41) is 0.222. The van der Waals surface area contributed by atoms with Crippen molar-refractivity contribution in [1.82, 2.24) is 0 Å². The van der Waals surface area contributed by atoms with Gasteiger partial charge in [0.15, 0.2) is 9.84 Å². The van der Waals surface area contributed by atoms with Crippen molar-refractivity contribution in [1.29, 1.82) is 0 Å². The Morgan fingerprint density at radius 1 is 1.42 bits per heavy atom. The number of benzene rings is 1. The van der Waals surface area contributed by atoms with Crippen molar-refractivity contribution < 1.29 is 13.2 Å². The molecule has 0 aliphatic carbocycles. The molecule has 1 amide bonds. The smallest absolute Gasteiger partial charge is 0.248 e. The van der Waals surface area contributed by atoms with Crippen molar-refractivity contribution in [2.45, 2.75) is 12.7 Å². The van der Waals surface area contributed by atoms with Gasteiger partial charge in [0, 0.05) is 10.6 Å². The average molecular weight is 305 g/mol. The first-order chi connectivity index (χ1) is 8.75. The molecule has 0 bridgehead atoms. The van der Waals surface area contributed by atoms with Crippen molar-refractivity contribution in [3.63, 3.8) is 0 Å². The highest BCUT2D eigenvalue weighted by Crippen LogP contribution is 2.21. The summed E-state index contributed by atoms with van der Waals surface area (Å²) >= 11 is 5.95. The fourth-order valence-electron chi connectivity index (χ4n) is 1.62. The quantitative estimate of drug-likeness (QED) is 0.816. The molecule has 0 aromatic heterocycles. The van der Waals surface area contributed by atoms with Crippen LogP contribution in [0.5, 0.6) is 0 Å². The third-order valence-electron chi connectivity index (χ3n) is 2.65. The number of hydrogen-bond donors (Lipinski definition) is 2. The highest BCUT2D eigenvalue weighted by Gasteiger charge is 2.18. The van der Waals surface area contributed by atoms with Gasteiger partial charge in [-0.25, -0.2) is 8.42 Å². The van der Waals surface area contributed by atoms with Crippen LogP contribution < -0.4 is 11.5 Å². The topological polar surface area (TPSA) is 103 Å². The molecule has 0 aliphatic rings. The molecule has 0 fully saturated rings. The maximum Gasteiger partial charge on any atom is 0.248 e. The van der Waals surface area contributed by atoms with Crippen LogP contribution in [0.15, 0.2) is 18.2 Å². The van der Waals surface area contributed by atoms with E-state index in [2.05, 4.69) is 0 Å². The zero-order valence-electron chi connectivity index (χ0n) is 10.6. The van der Waals surface area contributed by atoms with Gasteiger partial charge in [-0.15, -0.1) is 0 Å². The van der Waals surface area contributed by atoms with Crippen molar-refractivity contribution in [2.75, 3.05) is 12.3 Å². The van der Waals surface area contributed by atoms with E-state index in [1.807, 2.05) is 0 Å². The van der Waals surface area contributed by atoms with Gasteiger partial charge in [0.25, 0.3) is 0 Å². The van der Waals surface area contributed by atoms with E-state index in [1.54, 1.807) is 6.92 Å². The lowest BCUT2D eigenvalue weighted by molar-refractivity contribution is 0.100. The number of sulfone groups is 1. The largest absolute Gasteiger partial charge is 0.366 e. The molecule has 1 aromatic rings. The standard InChI is InChI=1S/C12H17ClN2O3S/c1-8(5-14)6-19(17,18)7-10-3-2-9(12(15)16)4-11(10)13/h2-4,8H,5-7,14H2,1H3,(H2,15,16). The summed E-state index contributed by atoms with van der Waals surface area (Å²) in [5.41, 5.74) is 11.2. The molecule has 1 aromatic carbocycles. The van der Waals surface area contributed by atoms with E-state index in [-0.39, 0.29) is 28.0 Å². The van der Waals surface area contributed by atoms with E-state index in [9.17, 15) is 13.2 Å². The second-order valence-electron chi connectivity index (χ2n) is 4.57. The predicted molar refractivity (Wildman–Crippen MR) is 75.7 cm³/mol. The molecule has 0 saturated carbocycles. The number of halogens is 1. The third kappa shape index (κ3) is 4.81. The molecule has 0 aliphatic heterocycles. The molecule has 5 nitrogen and oxygen atoms in total. The van der Waals surface area contributed by atoms with E-state index in [0.717, 1.165) is 0 Å². The van der Waals surface area contributed by atoms with Crippen LogP contribution in [-0.4, -0.2) is 26.6 Å². The van der Waals surface area contributed by atoms with Crippen LogP contribution in [-0.2, 0) is 15.6 Å². The van der Waals surface area contributed by atoms with Gasteiger partial charge >= 0.3 is 0 Å². The first-order valence-electron chi connectivity index (χ1n) is 5.74. The summed E-state index contributed by atoms with van der Waals surface area (Å²) in [6, 6.07) is 4.35. The lowest BCUT2D eigenvalue weighted by Crippen LogP contribution is -2.22. The Bertz CT molecular complexity index is 572. The molecule has 0 saturated heterocycles. The second kappa shape index (κ2) is 6.36. The predicted octanol–water partition coefficient (Wildman–Crippen LogP) is 0.949. The lowest BCUT2D eigenvalue weighted by Gasteiger charge is -2.10. The van der Waals surface area contributed by atoms with Crippen molar-refractivity contribution in [3.8, 4) is 0 Å². The van der Waals surface area contributed by atoms with Crippen molar-refractivity contribution >= 4 is 27.3 Å². The normalized spacial score (nSPS) is 13.2. The van der Waals surface area contributed by atoms with Gasteiger partial charge in [-0.05, 0) is 30.2 Å². The highest BCUT2D eigenvalue weighted by molar-refractivity contribution is 7.90. The van der Waals surface area contributed by atoms with Crippen LogP contribution in [0.4, 0.5) is 0 Å². The lowest BCUT2D eigenvalue weighted by atomic mass is 10.1. The second-order valence-corrected chi connectivity index (χ2v) is 7.08. The molecule has 0 radical (unpaired) electrons. The van der Waals surface area contributed by atoms with Gasteiger partial charge in [0.05, 0.1) is 11.5 Å². The van der Waals surface area contributed by atoms with Crippen LogP contribution in [0.25, 0.3) is 0 Å². The van der Waals surface area contributed by atoms with Crippen molar-refractivity contribution in [3.05, 3.63) is 34.3 Å². The van der Waals surface area contributed by atoms with Crippen LogP contribution in [0.1, 0.15) is 22.8 Å². The average Bonchev–Trinajstić information content (AvgIpc) is 2.30. The van der Waals surface area contributed by atoms with Crippen LogP contribution in [0.2, 0.25) is 5.02 Å². The summed E-state index contributed by atoms with van der Waals surface area (Å²) in [7, 11) is -3.28. The van der Waals surface area contributed by atoms with E-state index in [0.29, 0.717) is 12.1 Å². The van der Waals surface area contributed by atoms with Gasteiger partial charge in [0.2, 0.25) is 5.91 Å². The van der Waals surface area contributed by atoms with E-state index in [1.165, 1.54) is 18.2 Å². The first kappa shape index (κ1) is 15.9. The highest BCUT2D eigenvalue weighted by atomic mass is 35.5. The summed E-state index contributed by atoms with van der Waals surface area (Å²) in [4.78, 5) is 11.0. The number of amides is 1. The van der Waals surface area contributed by atoms with Crippen LogP contribution in [0, 0.1) is 5.92 Å². The fraction of sp³-hybridized carbons (Fsp3) is 0.417. The van der Waals surface area contributed by atoms with Crippen LogP contribution >= 0.6 is 11.6 Å². The molecule has 1 atom stereocenters. The molecule has 7 heteroatoms. The first-order valence-corrected chi connectivity index (χ1v) is 7.94. The molecule has 4 N–H and O–H groups in total. The molecule has 1 unspecified atom stereocenters. The fourth-order valence-corrected chi connectivity index (χ4v) is 3.79. The Kier molecular flexibility index (Phi) is 5.34. The van der Waals surface area contributed by atoms with Gasteiger partial charge in [-0.1, -0.05) is 24.6 Å². The minimum Gasteiger partial charge on any atom is -0.366 e. The number of carbonyl (C=O) groups is 1. The summed E-state index contributed by atoms with van der Waals surface area (Å²) < 4.78 is 23.9. The monoisotopic (exact) mass is 304 g/mol. The number of carbonyl (C=O) groups excluding carboxylic acids is 1. The maximum atomic E-state index is 11.9. The van der Waals surface area contributed by atoms with Gasteiger partial charge < -0.3 is 11.5 Å². The molecule has 1 rings (SSSR count). The molecule has 19 heavy (non-hydrogen) atoms. The number of nitrogens with two attached hydrogens (primary N) is 2. The Labute approximate surface area is 117 Å². The van der Waals surface area contributed by atoms with Crippen LogP contribution in [0.3, 0.4) is 0 Å². The number of hydrogen-bond acceptors (Lipinski definition) is 4. The third-order valence-corrected chi connectivity index (χ3v) is 4.83. The molecular weight excluding hydrogens is 288 g/mol. The SMILES string of the molecule is CC(CN)CS(=O)(=O)Cc1ccc(C(N)=O)cc1Cl. The van der Waals surface area contributed by atoms with Gasteiger partial charge in [0.1, 0.15) is 0 Å². The minimum atomic E-state index is -3.28. The molecule has 0 spiro atoms. The Hall–Kier alpha value is -1.11.